The molecule has 88 valence electrons. The van der Waals surface area contributed by atoms with Crippen molar-refractivity contribution in [2.75, 3.05) is 5.88 Å². The number of aromatic nitrogens is 2. The SMILES string of the molecule is Cc1cnc(CNC(=O)C(C)(C)CCl)cn1. The zero-order valence-electron chi connectivity index (χ0n) is 9.75. The summed E-state index contributed by atoms with van der Waals surface area (Å²) < 4.78 is 0. The standard InChI is InChI=1S/C11H16ClN3O/c1-8-4-14-9(5-13-8)6-15-10(16)11(2,3)7-12/h4-5H,6-7H2,1-3H3,(H,15,16). The normalized spacial score (nSPS) is 11.2. The average Bonchev–Trinajstić information content (AvgIpc) is 2.28. The molecule has 0 fully saturated rings. The lowest BCUT2D eigenvalue weighted by molar-refractivity contribution is -0.128. The van der Waals surface area contributed by atoms with Crippen LogP contribution in [0.5, 0.6) is 0 Å². The number of nitrogens with one attached hydrogen (secondary N) is 1. The lowest BCUT2D eigenvalue weighted by atomic mass is 9.95. The molecule has 0 bridgehead atoms. The van der Waals surface area contributed by atoms with Gasteiger partial charge in [0.05, 0.1) is 29.5 Å². The summed E-state index contributed by atoms with van der Waals surface area (Å²) in [5, 5.41) is 2.78. The van der Waals surface area contributed by atoms with E-state index < -0.39 is 5.41 Å². The maximum Gasteiger partial charge on any atom is 0.227 e. The molecule has 1 N–H and O–H groups in total. The molecule has 1 aromatic heterocycles. The summed E-state index contributed by atoms with van der Waals surface area (Å²) in [7, 11) is 0. The number of amides is 1. The maximum atomic E-state index is 11.7. The quantitative estimate of drug-likeness (QED) is 0.816. The number of hydrogen-bond donors (Lipinski definition) is 1. The summed E-state index contributed by atoms with van der Waals surface area (Å²) in [6.07, 6.45) is 3.33. The molecule has 1 rings (SSSR count). The van der Waals surface area contributed by atoms with Crippen LogP contribution < -0.4 is 5.32 Å². The maximum absolute atomic E-state index is 11.7. The monoisotopic (exact) mass is 241 g/mol. The van der Waals surface area contributed by atoms with E-state index >= 15 is 0 Å². The Morgan fingerprint density at radius 1 is 1.44 bits per heavy atom. The van der Waals surface area contributed by atoms with Crippen LogP contribution in [0.3, 0.4) is 0 Å². The van der Waals surface area contributed by atoms with Crippen molar-refractivity contribution in [2.24, 2.45) is 5.41 Å². The van der Waals surface area contributed by atoms with Crippen LogP contribution >= 0.6 is 11.6 Å². The minimum Gasteiger partial charge on any atom is -0.350 e. The number of carbonyl (C=O) groups is 1. The van der Waals surface area contributed by atoms with Gasteiger partial charge in [-0.3, -0.25) is 14.8 Å². The molecular weight excluding hydrogens is 226 g/mol. The van der Waals surface area contributed by atoms with Crippen LogP contribution in [-0.4, -0.2) is 21.8 Å². The van der Waals surface area contributed by atoms with Gasteiger partial charge in [-0.15, -0.1) is 11.6 Å². The summed E-state index contributed by atoms with van der Waals surface area (Å²) in [4.78, 5) is 19.9. The topological polar surface area (TPSA) is 54.9 Å². The zero-order chi connectivity index (χ0) is 12.2. The Hall–Kier alpha value is -1.16. The lowest BCUT2D eigenvalue weighted by Crippen LogP contribution is -2.37. The zero-order valence-corrected chi connectivity index (χ0v) is 10.5. The van der Waals surface area contributed by atoms with Crippen LogP contribution in [0.1, 0.15) is 25.2 Å². The fourth-order valence-corrected chi connectivity index (χ4v) is 1.10. The molecule has 0 spiro atoms. The van der Waals surface area contributed by atoms with Gasteiger partial charge in [-0.2, -0.15) is 0 Å². The van der Waals surface area contributed by atoms with E-state index in [1.54, 1.807) is 26.2 Å². The second kappa shape index (κ2) is 5.25. The van der Waals surface area contributed by atoms with E-state index in [2.05, 4.69) is 15.3 Å². The Kier molecular flexibility index (Phi) is 4.24. The molecule has 0 saturated heterocycles. The molecular formula is C11H16ClN3O. The molecule has 0 aliphatic heterocycles. The number of alkyl halides is 1. The van der Waals surface area contributed by atoms with Crippen molar-refractivity contribution < 1.29 is 4.79 Å². The number of halogens is 1. The second-order valence-electron chi connectivity index (χ2n) is 4.35. The van der Waals surface area contributed by atoms with Crippen molar-refractivity contribution in [3.8, 4) is 0 Å². The third kappa shape index (κ3) is 3.45. The fraction of sp³-hybridized carbons (Fsp3) is 0.545. The highest BCUT2D eigenvalue weighted by Gasteiger charge is 2.25. The van der Waals surface area contributed by atoms with Gasteiger partial charge in [-0.1, -0.05) is 0 Å². The number of aryl methyl sites for hydroxylation is 1. The van der Waals surface area contributed by atoms with Gasteiger partial charge in [0.15, 0.2) is 0 Å². The van der Waals surface area contributed by atoms with Crippen molar-refractivity contribution in [3.63, 3.8) is 0 Å². The van der Waals surface area contributed by atoms with Crippen molar-refractivity contribution in [2.45, 2.75) is 27.3 Å². The third-order valence-electron chi connectivity index (χ3n) is 2.21. The minimum absolute atomic E-state index is 0.0788. The number of nitrogens with zero attached hydrogens (tertiary/aromatic N) is 2. The molecule has 0 saturated carbocycles. The van der Waals surface area contributed by atoms with E-state index in [-0.39, 0.29) is 5.91 Å². The van der Waals surface area contributed by atoms with E-state index in [9.17, 15) is 4.79 Å². The molecule has 1 amide bonds. The first-order valence-electron chi connectivity index (χ1n) is 5.07. The summed E-state index contributed by atoms with van der Waals surface area (Å²) in [6.45, 7) is 5.85. The fourth-order valence-electron chi connectivity index (χ4n) is 0.981. The molecule has 0 radical (unpaired) electrons. The van der Waals surface area contributed by atoms with Gasteiger partial charge in [0.2, 0.25) is 5.91 Å². The molecule has 0 atom stereocenters. The molecule has 1 aromatic rings. The molecule has 0 aliphatic rings. The van der Waals surface area contributed by atoms with Gasteiger partial charge in [-0.05, 0) is 20.8 Å². The van der Waals surface area contributed by atoms with E-state index in [0.29, 0.717) is 12.4 Å². The molecule has 16 heavy (non-hydrogen) atoms. The van der Waals surface area contributed by atoms with Crippen LogP contribution in [-0.2, 0) is 11.3 Å². The van der Waals surface area contributed by atoms with Crippen LogP contribution in [0, 0.1) is 12.3 Å². The first-order valence-corrected chi connectivity index (χ1v) is 5.61. The lowest BCUT2D eigenvalue weighted by Gasteiger charge is -2.20. The number of rotatable bonds is 4. The highest BCUT2D eigenvalue weighted by molar-refractivity contribution is 6.19. The van der Waals surface area contributed by atoms with Gasteiger partial charge < -0.3 is 5.32 Å². The summed E-state index contributed by atoms with van der Waals surface area (Å²) >= 11 is 5.70. The summed E-state index contributed by atoms with van der Waals surface area (Å²) in [6, 6.07) is 0. The highest BCUT2D eigenvalue weighted by Crippen LogP contribution is 2.16. The average molecular weight is 242 g/mol. The molecule has 0 aromatic carbocycles. The first kappa shape index (κ1) is 12.9. The predicted molar refractivity (Wildman–Crippen MR) is 63.1 cm³/mol. The van der Waals surface area contributed by atoms with E-state index in [4.69, 9.17) is 11.6 Å². The van der Waals surface area contributed by atoms with Gasteiger partial charge in [-0.25, -0.2) is 0 Å². The Bertz CT molecular complexity index is 362. The van der Waals surface area contributed by atoms with Crippen molar-refractivity contribution in [3.05, 3.63) is 23.8 Å². The largest absolute Gasteiger partial charge is 0.350 e. The third-order valence-corrected chi connectivity index (χ3v) is 2.88. The van der Waals surface area contributed by atoms with Crippen molar-refractivity contribution in [1.82, 2.24) is 15.3 Å². The summed E-state index contributed by atoms with van der Waals surface area (Å²) in [5.41, 5.74) is 1.04. The smallest absolute Gasteiger partial charge is 0.227 e. The van der Waals surface area contributed by atoms with Crippen LogP contribution in [0.25, 0.3) is 0 Å². The van der Waals surface area contributed by atoms with Gasteiger partial charge in [0.1, 0.15) is 0 Å². The van der Waals surface area contributed by atoms with Crippen molar-refractivity contribution >= 4 is 17.5 Å². The van der Waals surface area contributed by atoms with Crippen LogP contribution in [0.4, 0.5) is 0 Å². The molecule has 4 nitrogen and oxygen atoms in total. The first-order chi connectivity index (χ1) is 7.45. The van der Waals surface area contributed by atoms with Gasteiger partial charge >= 0.3 is 0 Å². The van der Waals surface area contributed by atoms with Crippen LogP contribution in [0.2, 0.25) is 0 Å². The predicted octanol–water partition coefficient (Wildman–Crippen LogP) is 1.67. The Labute approximate surface area is 100 Å². The molecule has 0 aliphatic carbocycles. The van der Waals surface area contributed by atoms with Gasteiger partial charge in [0.25, 0.3) is 0 Å². The van der Waals surface area contributed by atoms with Crippen molar-refractivity contribution in [1.29, 1.82) is 0 Å². The van der Waals surface area contributed by atoms with Crippen LogP contribution in [0.15, 0.2) is 12.4 Å². The molecule has 0 unspecified atom stereocenters. The second-order valence-corrected chi connectivity index (χ2v) is 4.62. The molecule has 5 heteroatoms. The van der Waals surface area contributed by atoms with E-state index in [1.807, 2.05) is 6.92 Å². The minimum atomic E-state index is -0.556. The Morgan fingerprint density at radius 2 is 2.12 bits per heavy atom. The van der Waals surface area contributed by atoms with E-state index in [1.165, 1.54) is 0 Å². The Morgan fingerprint density at radius 3 is 2.62 bits per heavy atom. The Balaban J connectivity index is 2.52. The number of hydrogen-bond acceptors (Lipinski definition) is 3. The highest BCUT2D eigenvalue weighted by atomic mass is 35.5. The molecule has 1 heterocycles. The number of carbonyl (C=O) groups excluding carboxylic acids is 1. The summed E-state index contributed by atoms with van der Waals surface area (Å²) in [5.74, 6) is 0.211. The van der Waals surface area contributed by atoms with Gasteiger partial charge in [0, 0.05) is 12.1 Å². The van der Waals surface area contributed by atoms with E-state index in [0.717, 1.165) is 11.4 Å².